The van der Waals surface area contributed by atoms with Crippen LogP contribution in [0.25, 0.3) is 0 Å². The standard InChI is InChI=1S/C25H28N2O3/c1-19(2)21-9-7-20(8-10-21)18-27(22-11-13-23(30-3)14-12-22)25(29)15-17-26-16-5-4-6-24(26)28/h4-14,16,19H,15,17-18H2,1-3H3. The van der Waals surface area contributed by atoms with Crippen molar-refractivity contribution in [1.82, 2.24) is 4.57 Å². The third-order valence-corrected chi connectivity index (χ3v) is 5.14. The van der Waals surface area contributed by atoms with Crippen molar-refractivity contribution in [2.24, 2.45) is 0 Å². The molecular formula is C25H28N2O3. The summed E-state index contributed by atoms with van der Waals surface area (Å²) in [7, 11) is 1.62. The van der Waals surface area contributed by atoms with E-state index in [1.165, 1.54) is 11.6 Å². The van der Waals surface area contributed by atoms with Crippen molar-refractivity contribution in [1.29, 1.82) is 0 Å². The lowest BCUT2D eigenvalue weighted by Crippen LogP contribution is -2.32. The molecule has 0 aliphatic heterocycles. The van der Waals surface area contributed by atoms with Crippen LogP contribution in [-0.4, -0.2) is 17.6 Å². The number of pyridine rings is 1. The molecule has 1 amide bonds. The highest BCUT2D eigenvalue weighted by Crippen LogP contribution is 2.23. The number of ether oxygens (including phenoxy) is 1. The molecule has 0 fully saturated rings. The predicted octanol–water partition coefficient (Wildman–Crippen LogP) is 4.60. The van der Waals surface area contributed by atoms with E-state index in [1.807, 2.05) is 24.3 Å². The molecule has 0 bridgehead atoms. The highest BCUT2D eigenvalue weighted by atomic mass is 16.5. The molecule has 0 saturated carbocycles. The number of amides is 1. The Hall–Kier alpha value is -3.34. The fourth-order valence-electron chi connectivity index (χ4n) is 3.27. The molecule has 0 spiro atoms. The van der Waals surface area contributed by atoms with Gasteiger partial charge in [0, 0.05) is 30.9 Å². The number of aryl methyl sites for hydroxylation is 1. The summed E-state index contributed by atoms with van der Waals surface area (Å²) in [5.74, 6) is 1.16. The highest BCUT2D eigenvalue weighted by Gasteiger charge is 2.17. The summed E-state index contributed by atoms with van der Waals surface area (Å²) in [5, 5.41) is 0. The zero-order valence-electron chi connectivity index (χ0n) is 17.7. The Kier molecular flexibility index (Phi) is 7.07. The maximum absolute atomic E-state index is 13.1. The van der Waals surface area contributed by atoms with Crippen LogP contribution in [0.5, 0.6) is 5.75 Å². The van der Waals surface area contributed by atoms with E-state index in [-0.39, 0.29) is 17.9 Å². The van der Waals surface area contributed by atoms with E-state index in [0.29, 0.717) is 19.0 Å². The van der Waals surface area contributed by atoms with Gasteiger partial charge in [-0.15, -0.1) is 0 Å². The van der Waals surface area contributed by atoms with E-state index in [0.717, 1.165) is 17.0 Å². The smallest absolute Gasteiger partial charge is 0.250 e. The number of carbonyl (C=O) groups is 1. The number of carbonyl (C=O) groups excluding carboxylic acids is 1. The second-order valence-electron chi connectivity index (χ2n) is 7.56. The zero-order valence-corrected chi connectivity index (χ0v) is 17.7. The van der Waals surface area contributed by atoms with Crippen LogP contribution in [0.2, 0.25) is 0 Å². The molecule has 0 aliphatic carbocycles. The van der Waals surface area contributed by atoms with Gasteiger partial charge in [-0.2, -0.15) is 0 Å². The van der Waals surface area contributed by atoms with Crippen molar-refractivity contribution >= 4 is 11.6 Å². The fraction of sp³-hybridized carbons (Fsp3) is 0.280. The van der Waals surface area contributed by atoms with Crippen LogP contribution in [0.15, 0.2) is 77.7 Å². The number of anilines is 1. The van der Waals surface area contributed by atoms with Crippen molar-refractivity contribution in [3.8, 4) is 5.75 Å². The Morgan fingerprint density at radius 3 is 2.30 bits per heavy atom. The normalized spacial score (nSPS) is 10.8. The van der Waals surface area contributed by atoms with E-state index in [4.69, 9.17) is 4.74 Å². The van der Waals surface area contributed by atoms with E-state index in [9.17, 15) is 9.59 Å². The number of hydrogen-bond donors (Lipinski definition) is 0. The van der Waals surface area contributed by atoms with E-state index >= 15 is 0 Å². The summed E-state index contributed by atoms with van der Waals surface area (Å²) >= 11 is 0. The van der Waals surface area contributed by atoms with Crippen LogP contribution in [0.1, 0.15) is 37.3 Å². The summed E-state index contributed by atoms with van der Waals surface area (Å²) in [6.45, 7) is 5.13. The van der Waals surface area contributed by atoms with Gasteiger partial charge in [0.25, 0.3) is 5.56 Å². The first-order chi connectivity index (χ1) is 14.5. The van der Waals surface area contributed by atoms with Crippen LogP contribution in [0.3, 0.4) is 0 Å². The topological polar surface area (TPSA) is 51.5 Å². The number of nitrogens with zero attached hydrogens (tertiary/aromatic N) is 2. The van der Waals surface area contributed by atoms with Crippen molar-refractivity contribution in [3.05, 3.63) is 94.4 Å². The Labute approximate surface area is 177 Å². The van der Waals surface area contributed by atoms with Crippen molar-refractivity contribution in [3.63, 3.8) is 0 Å². The van der Waals surface area contributed by atoms with Gasteiger partial charge < -0.3 is 14.2 Å². The average Bonchev–Trinajstić information content (AvgIpc) is 2.77. The minimum atomic E-state index is -0.106. The Morgan fingerprint density at radius 2 is 1.70 bits per heavy atom. The van der Waals surface area contributed by atoms with Crippen molar-refractivity contribution < 1.29 is 9.53 Å². The van der Waals surface area contributed by atoms with Crippen LogP contribution >= 0.6 is 0 Å². The molecule has 1 aromatic heterocycles. The summed E-state index contributed by atoms with van der Waals surface area (Å²) in [5.41, 5.74) is 3.02. The van der Waals surface area contributed by atoms with Gasteiger partial charge in [0.15, 0.2) is 0 Å². The molecule has 0 unspecified atom stereocenters. The molecule has 0 saturated heterocycles. The van der Waals surface area contributed by atoms with Gasteiger partial charge in [0.1, 0.15) is 5.75 Å². The monoisotopic (exact) mass is 404 g/mol. The molecule has 0 N–H and O–H groups in total. The average molecular weight is 405 g/mol. The van der Waals surface area contributed by atoms with Crippen molar-refractivity contribution in [2.45, 2.75) is 39.3 Å². The van der Waals surface area contributed by atoms with Gasteiger partial charge in [0.05, 0.1) is 13.7 Å². The maximum atomic E-state index is 13.1. The van der Waals surface area contributed by atoms with Gasteiger partial charge in [-0.3, -0.25) is 9.59 Å². The van der Waals surface area contributed by atoms with Crippen LogP contribution in [-0.2, 0) is 17.9 Å². The minimum Gasteiger partial charge on any atom is -0.497 e. The van der Waals surface area contributed by atoms with E-state index < -0.39 is 0 Å². The zero-order chi connectivity index (χ0) is 21.5. The Bertz CT molecular complexity index is 1020. The molecule has 3 rings (SSSR count). The van der Waals surface area contributed by atoms with Gasteiger partial charge >= 0.3 is 0 Å². The first-order valence-electron chi connectivity index (χ1n) is 10.2. The number of methoxy groups -OCH3 is 1. The molecule has 30 heavy (non-hydrogen) atoms. The lowest BCUT2D eigenvalue weighted by atomic mass is 10.0. The third kappa shape index (κ3) is 5.38. The fourth-order valence-corrected chi connectivity index (χ4v) is 3.27. The van der Waals surface area contributed by atoms with Gasteiger partial charge in [-0.1, -0.05) is 44.2 Å². The number of hydrogen-bond acceptors (Lipinski definition) is 3. The first-order valence-corrected chi connectivity index (χ1v) is 10.2. The predicted molar refractivity (Wildman–Crippen MR) is 120 cm³/mol. The van der Waals surface area contributed by atoms with E-state index in [1.54, 1.807) is 34.9 Å². The lowest BCUT2D eigenvalue weighted by Gasteiger charge is -2.24. The SMILES string of the molecule is COc1ccc(N(Cc2ccc(C(C)C)cc2)C(=O)CCn2ccccc2=O)cc1. The molecule has 2 aromatic carbocycles. The highest BCUT2D eigenvalue weighted by molar-refractivity contribution is 5.93. The largest absolute Gasteiger partial charge is 0.497 e. The molecule has 5 heteroatoms. The summed E-state index contributed by atoms with van der Waals surface area (Å²) in [6, 6.07) is 20.8. The first kappa shape index (κ1) is 21.4. The second-order valence-corrected chi connectivity index (χ2v) is 7.56. The summed E-state index contributed by atoms with van der Waals surface area (Å²) in [4.78, 5) is 26.8. The molecule has 1 heterocycles. The van der Waals surface area contributed by atoms with Crippen molar-refractivity contribution in [2.75, 3.05) is 12.0 Å². The Morgan fingerprint density at radius 1 is 1.00 bits per heavy atom. The van der Waals surface area contributed by atoms with Crippen LogP contribution < -0.4 is 15.2 Å². The quantitative estimate of drug-likeness (QED) is 0.551. The van der Waals surface area contributed by atoms with E-state index in [2.05, 4.69) is 38.1 Å². The summed E-state index contributed by atoms with van der Waals surface area (Å²) in [6.07, 6.45) is 1.94. The number of aromatic nitrogens is 1. The van der Waals surface area contributed by atoms with Gasteiger partial charge in [0.2, 0.25) is 5.91 Å². The molecule has 0 aliphatic rings. The maximum Gasteiger partial charge on any atom is 0.250 e. The number of rotatable bonds is 8. The van der Waals surface area contributed by atoms with Gasteiger partial charge in [-0.05, 0) is 47.4 Å². The molecule has 5 nitrogen and oxygen atoms in total. The molecule has 3 aromatic rings. The molecule has 0 radical (unpaired) electrons. The lowest BCUT2D eigenvalue weighted by molar-refractivity contribution is -0.119. The minimum absolute atomic E-state index is 0.0381. The molecule has 0 atom stereocenters. The van der Waals surface area contributed by atoms with Crippen LogP contribution in [0, 0.1) is 0 Å². The third-order valence-electron chi connectivity index (χ3n) is 5.14. The molecule has 156 valence electrons. The van der Waals surface area contributed by atoms with Gasteiger partial charge in [-0.25, -0.2) is 0 Å². The number of benzene rings is 2. The Balaban J connectivity index is 1.81. The second kappa shape index (κ2) is 9.92. The van der Waals surface area contributed by atoms with Crippen LogP contribution in [0.4, 0.5) is 5.69 Å². The summed E-state index contributed by atoms with van der Waals surface area (Å²) < 4.78 is 6.80. The molecular weight excluding hydrogens is 376 g/mol.